The number of hydrogen-bond acceptors (Lipinski definition) is 4. The Balaban J connectivity index is 1.73. The van der Waals surface area contributed by atoms with Gasteiger partial charge in [0.1, 0.15) is 9.53 Å². The van der Waals surface area contributed by atoms with Gasteiger partial charge in [-0.15, -0.1) is 11.3 Å². The molecule has 3 aromatic heterocycles. The molecular weight excluding hydrogens is 378 g/mol. The molecule has 0 atom stereocenters. The fraction of sp³-hybridized carbons (Fsp3) is 0.286. The van der Waals surface area contributed by atoms with E-state index in [0.717, 1.165) is 39.8 Å². The fourth-order valence-corrected chi connectivity index (χ4v) is 5.41. The van der Waals surface area contributed by atoms with E-state index in [1.165, 1.54) is 35.3 Å². The maximum Gasteiger partial charge on any atom is 0.271 e. The van der Waals surface area contributed by atoms with Gasteiger partial charge in [-0.1, -0.05) is 29.8 Å². The SMILES string of the molecule is Cc1nc2sc3c(=O)n(Cc4ccccc4Cl)cnc3c2c2c1CCCC2. The van der Waals surface area contributed by atoms with Gasteiger partial charge in [-0.25, -0.2) is 9.97 Å². The molecule has 0 spiro atoms. The molecule has 27 heavy (non-hydrogen) atoms. The Labute approximate surface area is 165 Å². The van der Waals surface area contributed by atoms with Gasteiger partial charge < -0.3 is 0 Å². The van der Waals surface area contributed by atoms with Crippen molar-refractivity contribution in [2.45, 2.75) is 39.2 Å². The summed E-state index contributed by atoms with van der Waals surface area (Å²) in [5.41, 5.74) is 5.50. The molecule has 6 heteroatoms. The van der Waals surface area contributed by atoms with Gasteiger partial charge in [-0.3, -0.25) is 9.36 Å². The summed E-state index contributed by atoms with van der Waals surface area (Å²) in [6.07, 6.45) is 6.17. The maximum atomic E-state index is 13.1. The van der Waals surface area contributed by atoms with Crippen molar-refractivity contribution in [2.75, 3.05) is 0 Å². The number of aryl methyl sites for hydroxylation is 2. The van der Waals surface area contributed by atoms with Gasteiger partial charge in [0, 0.05) is 16.1 Å². The first kappa shape index (κ1) is 16.9. The minimum atomic E-state index is -0.0230. The molecule has 0 N–H and O–H groups in total. The molecule has 1 aliphatic carbocycles. The van der Waals surface area contributed by atoms with Gasteiger partial charge >= 0.3 is 0 Å². The minimum absolute atomic E-state index is 0.0230. The Morgan fingerprint density at radius 3 is 2.78 bits per heavy atom. The molecule has 3 heterocycles. The topological polar surface area (TPSA) is 47.8 Å². The molecule has 0 fully saturated rings. The third-order valence-electron chi connectivity index (χ3n) is 5.42. The van der Waals surface area contributed by atoms with Crippen LogP contribution in [0.2, 0.25) is 5.02 Å². The Morgan fingerprint density at radius 2 is 1.96 bits per heavy atom. The van der Waals surface area contributed by atoms with Gasteiger partial charge in [-0.05, 0) is 55.4 Å². The summed E-state index contributed by atoms with van der Waals surface area (Å²) in [6, 6.07) is 7.59. The summed E-state index contributed by atoms with van der Waals surface area (Å²) in [6.45, 7) is 2.50. The molecule has 0 saturated carbocycles. The molecule has 4 nitrogen and oxygen atoms in total. The molecule has 1 aromatic carbocycles. The van der Waals surface area contributed by atoms with Crippen molar-refractivity contribution in [3.8, 4) is 0 Å². The van der Waals surface area contributed by atoms with Crippen molar-refractivity contribution in [1.82, 2.24) is 14.5 Å². The second-order valence-corrected chi connectivity index (χ2v) is 8.50. The standard InChI is InChI=1S/C21H18ClN3OS/c1-12-14-7-3-4-8-15(14)17-18-19(27-20(17)24-12)21(26)25(11-23-18)10-13-6-2-5-9-16(13)22/h2,5-6,9,11H,3-4,7-8,10H2,1H3. The Hall–Kier alpha value is -2.24. The lowest BCUT2D eigenvalue weighted by Gasteiger charge is -2.18. The summed E-state index contributed by atoms with van der Waals surface area (Å²) in [7, 11) is 0. The number of thiophene rings is 1. The first-order chi connectivity index (χ1) is 13.1. The lowest BCUT2D eigenvalue weighted by Crippen LogP contribution is -2.20. The first-order valence-corrected chi connectivity index (χ1v) is 10.4. The molecule has 0 radical (unpaired) electrons. The van der Waals surface area contributed by atoms with Crippen LogP contribution < -0.4 is 5.56 Å². The predicted octanol–water partition coefficient (Wildman–Crippen LogP) is 4.90. The van der Waals surface area contributed by atoms with Crippen LogP contribution in [0.4, 0.5) is 0 Å². The minimum Gasteiger partial charge on any atom is -0.293 e. The normalized spacial score (nSPS) is 14.0. The third-order valence-corrected chi connectivity index (χ3v) is 6.85. The molecule has 0 aliphatic heterocycles. The van der Waals surface area contributed by atoms with Crippen LogP contribution in [-0.4, -0.2) is 14.5 Å². The number of rotatable bonds is 2. The molecule has 0 bridgehead atoms. The molecule has 0 amide bonds. The largest absolute Gasteiger partial charge is 0.293 e. The van der Waals surface area contributed by atoms with Crippen molar-refractivity contribution >= 4 is 43.4 Å². The van der Waals surface area contributed by atoms with Crippen LogP contribution in [0.3, 0.4) is 0 Å². The number of pyridine rings is 1. The number of benzene rings is 1. The molecule has 136 valence electrons. The van der Waals surface area contributed by atoms with Crippen LogP contribution in [0, 0.1) is 6.92 Å². The zero-order valence-corrected chi connectivity index (χ0v) is 16.5. The Bertz CT molecular complexity index is 1260. The lowest BCUT2D eigenvalue weighted by molar-refractivity contribution is 0.683. The van der Waals surface area contributed by atoms with E-state index in [9.17, 15) is 4.79 Å². The van der Waals surface area contributed by atoms with Crippen molar-refractivity contribution < 1.29 is 0 Å². The van der Waals surface area contributed by atoms with Crippen molar-refractivity contribution in [1.29, 1.82) is 0 Å². The average Bonchev–Trinajstić information content (AvgIpc) is 3.05. The van der Waals surface area contributed by atoms with E-state index in [4.69, 9.17) is 16.6 Å². The van der Waals surface area contributed by atoms with E-state index in [1.54, 1.807) is 10.9 Å². The van der Waals surface area contributed by atoms with Crippen molar-refractivity contribution in [3.05, 3.63) is 68.4 Å². The van der Waals surface area contributed by atoms with E-state index < -0.39 is 0 Å². The number of aromatic nitrogens is 3. The molecule has 1 aliphatic rings. The van der Waals surface area contributed by atoms with E-state index in [2.05, 4.69) is 11.9 Å². The maximum absolute atomic E-state index is 13.1. The average molecular weight is 396 g/mol. The van der Waals surface area contributed by atoms with E-state index in [-0.39, 0.29) is 5.56 Å². The molecule has 5 rings (SSSR count). The number of fused-ring (bicyclic) bond motifs is 5. The van der Waals surface area contributed by atoms with Crippen LogP contribution in [0.25, 0.3) is 20.4 Å². The number of halogens is 1. The summed E-state index contributed by atoms with van der Waals surface area (Å²) in [5, 5.41) is 1.75. The fourth-order valence-electron chi connectivity index (χ4n) is 4.06. The van der Waals surface area contributed by atoms with E-state index in [1.807, 2.05) is 24.3 Å². The molecule has 4 aromatic rings. The van der Waals surface area contributed by atoms with Gasteiger partial charge in [-0.2, -0.15) is 0 Å². The van der Waals surface area contributed by atoms with E-state index in [0.29, 0.717) is 16.3 Å². The molecular formula is C21H18ClN3OS. The van der Waals surface area contributed by atoms with Gasteiger partial charge in [0.25, 0.3) is 5.56 Å². The van der Waals surface area contributed by atoms with Crippen LogP contribution in [0.1, 0.15) is 35.2 Å². The summed E-state index contributed by atoms with van der Waals surface area (Å²) in [5.74, 6) is 0. The number of hydrogen-bond donors (Lipinski definition) is 0. The lowest BCUT2D eigenvalue weighted by atomic mass is 9.89. The van der Waals surface area contributed by atoms with Crippen LogP contribution >= 0.6 is 22.9 Å². The second kappa shape index (κ2) is 6.43. The summed E-state index contributed by atoms with van der Waals surface area (Å²) >= 11 is 7.73. The third kappa shape index (κ3) is 2.68. The Kier molecular flexibility index (Phi) is 4.02. The summed E-state index contributed by atoms with van der Waals surface area (Å²) in [4.78, 5) is 23.6. The Morgan fingerprint density at radius 1 is 1.19 bits per heavy atom. The highest BCUT2D eigenvalue weighted by molar-refractivity contribution is 7.25. The second-order valence-electron chi connectivity index (χ2n) is 7.09. The van der Waals surface area contributed by atoms with Crippen LogP contribution in [0.15, 0.2) is 35.4 Å². The highest BCUT2D eigenvalue weighted by Gasteiger charge is 2.22. The highest BCUT2D eigenvalue weighted by Crippen LogP contribution is 2.37. The van der Waals surface area contributed by atoms with Gasteiger partial charge in [0.05, 0.1) is 18.4 Å². The van der Waals surface area contributed by atoms with Crippen molar-refractivity contribution in [2.24, 2.45) is 0 Å². The van der Waals surface area contributed by atoms with Gasteiger partial charge in [0.15, 0.2) is 0 Å². The van der Waals surface area contributed by atoms with E-state index >= 15 is 0 Å². The quantitative estimate of drug-likeness (QED) is 0.485. The zero-order valence-electron chi connectivity index (χ0n) is 15.0. The molecule has 0 saturated heterocycles. The first-order valence-electron chi connectivity index (χ1n) is 9.17. The summed E-state index contributed by atoms with van der Waals surface area (Å²) < 4.78 is 2.32. The predicted molar refractivity (Wildman–Crippen MR) is 111 cm³/mol. The number of nitrogens with zero attached hydrogens (tertiary/aromatic N) is 3. The van der Waals surface area contributed by atoms with Crippen LogP contribution in [0.5, 0.6) is 0 Å². The smallest absolute Gasteiger partial charge is 0.271 e. The monoisotopic (exact) mass is 395 g/mol. The zero-order chi connectivity index (χ0) is 18.5. The van der Waals surface area contributed by atoms with Crippen LogP contribution in [-0.2, 0) is 19.4 Å². The highest BCUT2D eigenvalue weighted by atomic mass is 35.5. The molecule has 0 unspecified atom stereocenters. The van der Waals surface area contributed by atoms with Gasteiger partial charge in [0.2, 0.25) is 0 Å². The van der Waals surface area contributed by atoms with Crippen molar-refractivity contribution in [3.63, 3.8) is 0 Å².